The number of benzene rings is 8. The molecule has 0 N–H and O–H groups in total. The summed E-state index contributed by atoms with van der Waals surface area (Å²) in [6, 6.07) is 64.0. The van der Waals surface area contributed by atoms with Crippen LogP contribution in [0.25, 0.3) is 64.0 Å². The number of rotatable bonds is 5. The Kier molecular flexibility index (Phi) is 6.40. The van der Waals surface area contributed by atoms with Gasteiger partial charge in [0, 0.05) is 37.2 Å². The maximum Gasteiger partial charge on any atom is 0.0468 e. The summed E-state index contributed by atoms with van der Waals surface area (Å²) in [5.41, 5.74) is 8.22. The third-order valence-corrected chi connectivity index (χ3v) is 10.1. The molecule has 1 aromatic heterocycles. The highest BCUT2D eigenvalue weighted by Gasteiger charge is 2.16. The third kappa shape index (κ3) is 4.72. The zero-order chi connectivity index (χ0) is 30.5. The summed E-state index contributed by atoms with van der Waals surface area (Å²) in [7, 11) is 0. The van der Waals surface area contributed by atoms with Crippen molar-refractivity contribution in [3.05, 3.63) is 176 Å². The molecule has 0 bridgehead atoms. The van der Waals surface area contributed by atoms with Crippen LogP contribution in [0.5, 0.6) is 0 Å². The fraction of sp³-hybridized carbons (Fsp3) is 0. The smallest absolute Gasteiger partial charge is 0.0468 e. The van der Waals surface area contributed by atoms with E-state index < -0.39 is 0 Å². The van der Waals surface area contributed by atoms with Gasteiger partial charge in [0.2, 0.25) is 0 Å². The molecule has 1 heterocycles. The quantitative estimate of drug-likeness (QED) is 0.189. The first kappa shape index (κ1) is 26.7. The van der Waals surface area contributed by atoms with Gasteiger partial charge in [-0.05, 0) is 104 Å². The van der Waals surface area contributed by atoms with E-state index in [9.17, 15) is 0 Å². The van der Waals surface area contributed by atoms with Crippen molar-refractivity contribution in [2.24, 2.45) is 0 Å². The molecule has 9 aromatic rings. The molecule has 0 aliphatic rings. The average molecular weight is 604 g/mol. The maximum atomic E-state index is 2.38. The van der Waals surface area contributed by atoms with Gasteiger partial charge in [-0.25, -0.2) is 0 Å². The Morgan fingerprint density at radius 2 is 0.935 bits per heavy atom. The lowest BCUT2D eigenvalue weighted by Crippen LogP contribution is -2.10. The molecule has 0 saturated carbocycles. The Labute approximate surface area is 272 Å². The molecule has 0 saturated heterocycles. The minimum absolute atomic E-state index is 1.12. The van der Waals surface area contributed by atoms with E-state index in [0.29, 0.717) is 0 Å². The minimum atomic E-state index is 1.12. The van der Waals surface area contributed by atoms with Crippen molar-refractivity contribution < 1.29 is 0 Å². The van der Waals surface area contributed by atoms with E-state index in [1.807, 2.05) is 11.3 Å². The van der Waals surface area contributed by atoms with Crippen LogP contribution in [0.4, 0.5) is 17.1 Å². The van der Waals surface area contributed by atoms with Gasteiger partial charge in [-0.2, -0.15) is 0 Å². The van der Waals surface area contributed by atoms with E-state index in [0.717, 1.165) is 17.1 Å². The maximum absolute atomic E-state index is 2.38. The van der Waals surface area contributed by atoms with Gasteiger partial charge in [-0.1, -0.05) is 115 Å². The molecule has 0 unspecified atom stereocenters. The van der Waals surface area contributed by atoms with Crippen LogP contribution < -0.4 is 4.90 Å². The van der Waals surface area contributed by atoms with Gasteiger partial charge >= 0.3 is 0 Å². The highest BCUT2D eigenvalue weighted by Crippen LogP contribution is 2.41. The summed E-state index contributed by atoms with van der Waals surface area (Å²) in [5, 5.41) is 7.65. The molecule has 8 aromatic carbocycles. The number of fused-ring (bicyclic) bond motifs is 5. The van der Waals surface area contributed by atoms with E-state index in [4.69, 9.17) is 0 Å². The number of anilines is 3. The van der Waals surface area contributed by atoms with E-state index >= 15 is 0 Å². The summed E-state index contributed by atoms with van der Waals surface area (Å²) < 4.78 is 2.66. The van der Waals surface area contributed by atoms with Gasteiger partial charge in [0.05, 0.1) is 0 Å². The van der Waals surface area contributed by atoms with Gasteiger partial charge in [0.15, 0.2) is 0 Å². The molecule has 0 amide bonds. The summed E-state index contributed by atoms with van der Waals surface area (Å²) in [6.45, 7) is 0. The number of thiophene rings is 1. The van der Waals surface area contributed by atoms with E-state index in [-0.39, 0.29) is 0 Å². The van der Waals surface area contributed by atoms with Gasteiger partial charge in [-0.15, -0.1) is 11.3 Å². The largest absolute Gasteiger partial charge is 0.310 e. The predicted octanol–water partition coefficient (Wildman–Crippen LogP) is 13.2. The van der Waals surface area contributed by atoms with E-state index in [1.165, 1.54) is 64.0 Å². The van der Waals surface area contributed by atoms with Crippen molar-refractivity contribution in [1.82, 2.24) is 0 Å². The van der Waals surface area contributed by atoms with Gasteiger partial charge in [0.1, 0.15) is 0 Å². The van der Waals surface area contributed by atoms with Crippen molar-refractivity contribution >= 4 is 70.1 Å². The molecular formula is C44H29NS. The molecule has 0 spiro atoms. The molecule has 0 radical (unpaired) electrons. The first-order valence-corrected chi connectivity index (χ1v) is 16.5. The Morgan fingerprint density at radius 1 is 0.304 bits per heavy atom. The Hall–Kier alpha value is -5.70. The monoisotopic (exact) mass is 603 g/mol. The Morgan fingerprint density at radius 3 is 1.83 bits per heavy atom. The lowest BCUT2D eigenvalue weighted by Gasteiger charge is -2.26. The van der Waals surface area contributed by atoms with Crippen LogP contribution in [0, 0.1) is 0 Å². The Bertz CT molecular complexity index is 2530. The molecule has 1 nitrogen and oxygen atoms in total. The molecule has 2 heteroatoms. The lowest BCUT2D eigenvalue weighted by atomic mass is 10.00. The number of nitrogens with zero attached hydrogens (tertiary/aromatic N) is 1. The Balaban J connectivity index is 1.20. The van der Waals surface area contributed by atoms with Crippen LogP contribution in [0.1, 0.15) is 0 Å². The predicted molar refractivity (Wildman–Crippen MR) is 200 cm³/mol. The van der Waals surface area contributed by atoms with Crippen molar-refractivity contribution in [1.29, 1.82) is 0 Å². The first-order chi connectivity index (χ1) is 22.8. The fourth-order valence-corrected chi connectivity index (χ4v) is 7.81. The van der Waals surface area contributed by atoms with Crippen LogP contribution in [0.3, 0.4) is 0 Å². The first-order valence-electron chi connectivity index (χ1n) is 15.7. The second kappa shape index (κ2) is 11.0. The third-order valence-electron chi connectivity index (χ3n) is 9.00. The molecule has 0 aliphatic carbocycles. The van der Waals surface area contributed by atoms with Crippen LogP contribution in [0.15, 0.2) is 176 Å². The van der Waals surface area contributed by atoms with Gasteiger partial charge < -0.3 is 4.90 Å². The van der Waals surface area contributed by atoms with Gasteiger partial charge in [0.25, 0.3) is 0 Å². The topological polar surface area (TPSA) is 3.24 Å². The van der Waals surface area contributed by atoms with Crippen molar-refractivity contribution in [2.75, 3.05) is 4.90 Å². The summed E-state index contributed by atoms with van der Waals surface area (Å²) in [4.78, 5) is 2.38. The molecule has 216 valence electrons. The molecule has 0 aliphatic heterocycles. The summed E-state index contributed by atoms with van der Waals surface area (Å²) >= 11 is 1.87. The number of hydrogen-bond acceptors (Lipinski definition) is 2. The van der Waals surface area contributed by atoms with Crippen LogP contribution in [-0.2, 0) is 0 Å². The fourth-order valence-electron chi connectivity index (χ4n) is 6.67. The standard InChI is InChI=1S/C44H29NS/c1-2-9-30(10-3-1)32-19-22-38(23-20-32)45(39-14-8-13-34(26-39)35-18-17-31-11-4-5-12-33(31)25-35)40-24-21-36-29-44-42(28-37(36)27-40)41-15-6-7-16-43(41)46-44/h1-29H. The molecule has 0 fully saturated rings. The van der Waals surface area contributed by atoms with E-state index in [2.05, 4.69) is 181 Å². The van der Waals surface area contributed by atoms with Crippen molar-refractivity contribution in [3.8, 4) is 22.3 Å². The zero-order valence-electron chi connectivity index (χ0n) is 25.1. The highest BCUT2D eigenvalue weighted by molar-refractivity contribution is 7.25. The van der Waals surface area contributed by atoms with Crippen molar-refractivity contribution in [3.63, 3.8) is 0 Å². The summed E-state index contributed by atoms with van der Waals surface area (Å²) in [6.07, 6.45) is 0. The van der Waals surface area contributed by atoms with Crippen LogP contribution in [-0.4, -0.2) is 0 Å². The molecular weight excluding hydrogens is 575 g/mol. The van der Waals surface area contributed by atoms with Crippen molar-refractivity contribution in [2.45, 2.75) is 0 Å². The second-order valence-corrected chi connectivity index (χ2v) is 12.9. The molecule has 0 atom stereocenters. The number of hydrogen-bond donors (Lipinski definition) is 0. The molecule has 46 heavy (non-hydrogen) atoms. The average Bonchev–Trinajstić information content (AvgIpc) is 3.48. The SMILES string of the molecule is c1ccc(-c2ccc(N(c3cccc(-c4ccc5ccccc5c4)c3)c3ccc4cc5sc6ccccc6c5cc4c3)cc2)cc1. The van der Waals surface area contributed by atoms with E-state index in [1.54, 1.807) is 0 Å². The minimum Gasteiger partial charge on any atom is -0.310 e. The zero-order valence-corrected chi connectivity index (χ0v) is 25.9. The van der Waals surface area contributed by atoms with Crippen LogP contribution >= 0.6 is 11.3 Å². The van der Waals surface area contributed by atoms with Gasteiger partial charge in [-0.3, -0.25) is 0 Å². The van der Waals surface area contributed by atoms with Crippen LogP contribution in [0.2, 0.25) is 0 Å². The normalized spacial score (nSPS) is 11.5. The summed E-state index contributed by atoms with van der Waals surface area (Å²) in [5.74, 6) is 0. The highest BCUT2D eigenvalue weighted by atomic mass is 32.1. The molecule has 9 rings (SSSR count). The second-order valence-electron chi connectivity index (χ2n) is 11.8. The lowest BCUT2D eigenvalue weighted by molar-refractivity contribution is 1.29.